The van der Waals surface area contributed by atoms with Crippen molar-refractivity contribution >= 4 is 5.96 Å². The van der Waals surface area contributed by atoms with E-state index < -0.39 is 0 Å². The van der Waals surface area contributed by atoms with E-state index >= 15 is 0 Å². The van der Waals surface area contributed by atoms with E-state index in [1.54, 1.807) is 21.3 Å². The van der Waals surface area contributed by atoms with Gasteiger partial charge >= 0.3 is 0 Å². The largest absolute Gasteiger partial charge is 0.383 e. The fourth-order valence-electron chi connectivity index (χ4n) is 1.31. The van der Waals surface area contributed by atoms with Crippen LogP contribution in [0.3, 0.4) is 0 Å². The van der Waals surface area contributed by atoms with Gasteiger partial charge in [0.25, 0.3) is 0 Å². The van der Waals surface area contributed by atoms with Crippen LogP contribution in [-0.2, 0) is 9.47 Å². The highest BCUT2D eigenvalue weighted by Crippen LogP contribution is 2.04. The van der Waals surface area contributed by atoms with Gasteiger partial charge in [0.05, 0.1) is 12.2 Å². The van der Waals surface area contributed by atoms with Gasteiger partial charge in [-0.2, -0.15) is 0 Å². The Bertz CT molecular complexity index is 257. The zero-order valence-corrected chi connectivity index (χ0v) is 13.2. The Balaban J connectivity index is 3.83. The van der Waals surface area contributed by atoms with Gasteiger partial charge in [-0.3, -0.25) is 4.99 Å². The van der Waals surface area contributed by atoms with Crippen LogP contribution < -0.4 is 10.6 Å². The molecule has 0 aliphatic carbocycles. The first kappa shape index (κ1) is 18.1. The fourth-order valence-corrected chi connectivity index (χ4v) is 1.31. The number of rotatable bonds is 9. The molecule has 0 aromatic rings. The lowest BCUT2D eigenvalue weighted by Gasteiger charge is -2.24. The van der Waals surface area contributed by atoms with E-state index in [1.807, 2.05) is 13.8 Å². The maximum atomic E-state index is 5.35. The van der Waals surface area contributed by atoms with Gasteiger partial charge in [-0.05, 0) is 20.9 Å². The summed E-state index contributed by atoms with van der Waals surface area (Å²) in [7, 11) is 7.27. The number of ether oxygens (including phenoxy) is 2. The predicted octanol–water partition coefficient (Wildman–Crippen LogP) is 0.155. The third kappa shape index (κ3) is 9.69. The summed E-state index contributed by atoms with van der Waals surface area (Å²) in [5.74, 6) is 0.797. The molecule has 0 fully saturated rings. The number of nitrogens with zero attached hydrogens (tertiary/aromatic N) is 2. The lowest BCUT2D eigenvalue weighted by atomic mass is 10.1. The molecule has 6 heteroatoms. The molecule has 6 nitrogen and oxygen atoms in total. The Morgan fingerprint density at radius 1 is 1.21 bits per heavy atom. The van der Waals surface area contributed by atoms with Gasteiger partial charge in [-0.15, -0.1) is 0 Å². The van der Waals surface area contributed by atoms with Gasteiger partial charge in [0, 0.05) is 47.4 Å². The van der Waals surface area contributed by atoms with Crippen molar-refractivity contribution in [1.29, 1.82) is 0 Å². The molecule has 0 rings (SSSR count). The molecule has 0 aromatic carbocycles. The Morgan fingerprint density at radius 2 is 1.89 bits per heavy atom. The van der Waals surface area contributed by atoms with E-state index in [4.69, 9.17) is 9.47 Å². The number of aliphatic imine (C=N–C) groups is 1. The van der Waals surface area contributed by atoms with Crippen LogP contribution in [0.1, 0.15) is 13.8 Å². The van der Waals surface area contributed by atoms with Crippen molar-refractivity contribution in [1.82, 2.24) is 15.5 Å². The topological polar surface area (TPSA) is 58.1 Å². The van der Waals surface area contributed by atoms with E-state index in [1.165, 1.54) is 0 Å². The molecule has 2 N–H and O–H groups in total. The number of hydrogen-bond donors (Lipinski definition) is 2. The van der Waals surface area contributed by atoms with Crippen molar-refractivity contribution in [2.75, 3.05) is 61.1 Å². The molecule has 0 aliphatic heterocycles. The summed E-state index contributed by atoms with van der Waals surface area (Å²) in [6.45, 7) is 8.25. The second-order valence-corrected chi connectivity index (χ2v) is 5.11. The number of methoxy groups -OCH3 is 2. The average Bonchev–Trinajstić information content (AvgIpc) is 2.40. The lowest BCUT2D eigenvalue weighted by Crippen LogP contribution is -2.46. The molecule has 0 aromatic heterocycles. The molecule has 0 amide bonds. The van der Waals surface area contributed by atoms with Crippen molar-refractivity contribution in [3.8, 4) is 0 Å². The molecule has 0 aliphatic rings. The van der Waals surface area contributed by atoms with Crippen LogP contribution in [0.25, 0.3) is 0 Å². The maximum absolute atomic E-state index is 5.35. The Kier molecular flexibility index (Phi) is 9.55. The monoisotopic (exact) mass is 274 g/mol. The Morgan fingerprint density at radius 3 is 2.42 bits per heavy atom. The minimum absolute atomic E-state index is 0.202. The van der Waals surface area contributed by atoms with Gasteiger partial charge in [0.1, 0.15) is 0 Å². The van der Waals surface area contributed by atoms with Crippen LogP contribution in [0.2, 0.25) is 0 Å². The molecule has 0 radical (unpaired) electrons. The number of guanidine groups is 1. The zero-order chi connectivity index (χ0) is 14.7. The van der Waals surface area contributed by atoms with Gasteiger partial charge < -0.3 is 25.0 Å². The highest BCUT2D eigenvalue weighted by Gasteiger charge is 2.16. The first-order valence-corrected chi connectivity index (χ1v) is 6.62. The van der Waals surface area contributed by atoms with E-state index in [0.717, 1.165) is 32.2 Å². The Labute approximate surface area is 117 Å². The molecule has 0 unspecified atom stereocenters. The van der Waals surface area contributed by atoms with Crippen molar-refractivity contribution < 1.29 is 9.47 Å². The first-order chi connectivity index (χ1) is 8.95. The van der Waals surface area contributed by atoms with Crippen LogP contribution in [0.15, 0.2) is 4.99 Å². The summed E-state index contributed by atoms with van der Waals surface area (Å²) in [6, 6.07) is 0. The van der Waals surface area contributed by atoms with Gasteiger partial charge in [0.15, 0.2) is 5.96 Å². The molecule has 0 saturated carbocycles. The molecule has 0 atom stereocenters. The van der Waals surface area contributed by atoms with Crippen molar-refractivity contribution in [3.63, 3.8) is 0 Å². The molecule has 19 heavy (non-hydrogen) atoms. The molecule has 0 saturated heterocycles. The molecular formula is C13H30N4O2. The lowest BCUT2D eigenvalue weighted by molar-refractivity contribution is 0.0268. The van der Waals surface area contributed by atoms with E-state index in [2.05, 4.69) is 27.6 Å². The summed E-state index contributed by atoms with van der Waals surface area (Å²) >= 11 is 0. The summed E-state index contributed by atoms with van der Waals surface area (Å²) in [5, 5.41) is 6.52. The molecule has 0 bridgehead atoms. The molecule has 0 spiro atoms. The minimum Gasteiger partial charge on any atom is -0.383 e. The number of likely N-dealkylation sites (N-methyl/N-ethyl adjacent to an activating group) is 1. The number of hydrogen-bond acceptors (Lipinski definition) is 4. The summed E-state index contributed by atoms with van der Waals surface area (Å²) in [6.07, 6.45) is 0. The van der Waals surface area contributed by atoms with Crippen molar-refractivity contribution in [2.45, 2.75) is 19.4 Å². The highest BCUT2D eigenvalue weighted by molar-refractivity contribution is 5.79. The average molecular weight is 274 g/mol. The quantitative estimate of drug-likeness (QED) is 0.463. The first-order valence-electron chi connectivity index (χ1n) is 6.62. The van der Waals surface area contributed by atoms with Gasteiger partial charge in [0.2, 0.25) is 0 Å². The van der Waals surface area contributed by atoms with Crippen LogP contribution in [0.5, 0.6) is 0 Å². The van der Waals surface area contributed by atoms with Crippen LogP contribution in [0.4, 0.5) is 0 Å². The third-order valence-electron chi connectivity index (χ3n) is 2.92. The van der Waals surface area contributed by atoms with Gasteiger partial charge in [-0.25, -0.2) is 0 Å². The smallest absolute Gasteiger partial charge is 0.191 e. The van der Waals surface area contributed by atoms with Gasteiger partial charge in [-0.1, -0.05) is 0 Å². The maximum Gasteiger partial charge on any atom is 0.191 e. The van der Waals surface area contributed by atoms with Crippen LogP contribution >= 0.6 is 0 Å². The molecule has 114 valence electrons. The normalized spacial score (nSPS) is 12.9. The van der Waals surface area contributed by atoms with Crippen LogP contribution in [0, 0.1) is 0 Å². The third-order valence-corrected chi connectivity index (χ3v) is 2.92. The second-order valence-electron chi connectivity index (χ2n) is 5.11. The van der Waals surface area contributed by atoms with Crippen molar-refractivity contribution in [2.24, 2.45) is 4.99 Å². The summed E-state index contributed by atoms with van der Waals surface area (Å²) in [4.78, 5) is 6.39. The predicted molar refractivity (Wildman–Crippen MR) is 79.8 cm³/mol. The van der Waals surface area contributed by atoms with Crippen LogP contribution in [-0.4, -0.2) is 77.6 Å². The SMILES string of the molecule is CN=C(NCCN(C)CCOC)NCC(C)(C)OC. The highest BCUT2D eigenvalue weighted by atomic mass is 16.5. The van der Waals surface area contributed by atoms with E-state index in [9.17, 15) is 0 Å². The summed E-state index contributed by atoms with van der Waals surface area (Å²) < 4.78 is 10.4. The van der Waals surface area contributed by atoms with E-state index in [0.29, 0.717) is 6.54 Å². The number of nitrogens with one attached hydrogen (secondary N) is 2. The van der Waals surface area contributed by atoms with Crippen molar-refractivity contribution in [3.05, 3.63) is 0 Å². The zero-order valence-electron chi connectivity index (χ0n) is 13.2. The summed E-state index contributed by atoms with van der Waals surface area (Å²) in [5.41, 5.74) is -0.202. The standard InChI is InChI=1S/C13H30N4O2/c1-13(2,19-6)11-16-12(14-3)15-7-8-17(4)9-10-18-5/h7-11H2,1-6H3,(H2,14,15,16). The Hall–Kier alpha value is -0.850. The molecular weight excluding hydrogens is 244 g/mol. The fraction of sp³-hybridized carbons (Fsp3) is 0.923. The minimum atomic E-state index is -0.202. The molecule has 0 heterocycles. The second kappa shape index (κ2) is 10.00. The van der Waals surface area contributed by atoms with E-state index in [-0.39, 0.29) is 5.60 Å².